The zero-order valence-corrected chi connectivity index (χ0v) is 29.8. The number of phenolic OH excluding ortho intramolecular Hbond substituents is 1. The number of para-hydroxylation sites is 2. The molecule has 1 atom stereocenters. The molecule has 0 saturated carbocycles. The van der Waals surface area contributed by atoms with Gasteiger partial charge < -0.3 is 25.5 Å². The van der Waals surface area contributed by atoms with Crippen molar-refractivity contribution in [1.82, 2.24) is 9.80 Å². The molecule has 3 heterocycles. The Morgan fingerprint density at radius 3 is 2.26 bits per heavy atom. The van der Waals surface area contributed by atoms with Crippen molar-refractivity contribution >= 4 is 40.4 Å². The normalized spacial score (nSPS) is 20.1. The number of rotatable bonds is 6. The SMILES string of the molecule is CC(C)(C)CN1CCC2(CC1)CN(c1ccccc1NC(=O)Nc1ccc(C3CCCN3CC(C)(C)C)cc1)c1c(O)ccc(Cl)c12. The number of urea groups is 1. The van der Waals surface area contributed by atoms with Gasteiger partial charge in [-0.15, -0.1) is 0 Å². The van der Waals surface area contributed by atoms with Crippen molar-refractivity contribution in [2.45, 2.75) is 78.7 Å². The van der Waals surface area contributed by atoms with Gasteiger partial charge >= 0.3 is 6.03 Å². The van der Waals surface area contributed by atoms with Gasteiger partial charge in [-0.2, -0.15) is 0 Å². The molecule has 3 aliphatic rings. The van der Waals surface area contributed by atoms with Gasteiger partial charge in [0.15, 0.2) is 0 Å². The summed E-state index contributed by atoms with van der Waals surface area (Å²) >= 11 is 6.93. The molecule has 6 rings (SSSR count). The molecule has 3 N–H and O–H groups in total. The standard InChI is InChI=1S/C39H52ClN5O2/c1-37(2,3)24-43-22-19-39(20-23-43)26-45(35-33(46)18-17-29(40)34(35)39)32-11-8-7-10-30(32)42-36(47)41-28-15-13-27(14-16-28)31-12-9-21-44(31)25-38(4,5)6/h7-8,10-11,13-18,31,46H,9,12,19-26H2,1-6H3,(H2,41,42,47). The number of benzene rings is 3. The van der Waals surface area contributed by atoms with E-state index in [-0.39, 0.29) is 28.0 Å². The molecule has 2 saturated heterocycles. The molecule has 1 spiro atoms. The number of hydrogen-bond donors (Lipinski definition) is 3. The number of piperidine rings is 1. The van der Waals surface area contributed by atoms with Gasteiger partial charge in [0.05, 0.1) is 17.1 Å². The topological polar surface area (TPSA) is 71.1 Å². The van der Waals surface area contributed by atoms with Crippen LogP contribution in [0.5, 0.6) is 5.75 Å². The second kappa shape index (κ2) is 13.0. The molecular weight excluding hydrogens is 606 g/mol. The van der Waals surface area contributed by atoms with E-state index in [2.05, 4.69) is 79.0 Å². The minimum absolute atomic E-state index is 0.182. The lowest BCUT2D eigenvalue weighted by molar-refractivity contribution is 0.125. The molecule has 0 bridgehead atoms. The number of nitrogens with one attached hydrogen (secondary N) is 2. The van der Waals surface area contributed by atoms with Crippen molar-refractivity contribution in [3.63, 3.8) is 0 Å². The van der Waals surface area contributed by atoms with Crippen molar-refractivity contribution in [2.24, 2.45) is 10.8 Å². The first-order valence-corrected chi connectivity index (χ1v) is 17.6. The highest BCUT2D eigenvalue weighted by Gasteiger charge is 2.48. The van der Waals surface area contributed by atoms with Crippen LogP contribution in [-0.2, 0) is 5.41 Å². The lowest BCUT2D eigenvalue weighted by Gasteiger charge is -2.42. The Morgan fingerprint density at radius 1 is 0.894 bits per heavy atom. The fourth-order valence-corrected chi connectivity index (χ4v) is 8.46. The van der Waals surface area contributed by atoms with E-state index in [0.29, 0.717) is 23.3 Å². The van der Waals surface area contributed by atoms with E-state index in [4.69, 9.17) is 11.6 Å². The average Bonchev–Trinajstić information content (AvgIpc) is 3.58. The number of likely N-dealkylation sites (tertiary alicyclic amines) is 2. The molecule has 3 aromatic carbocycles. The molecule has 0 aromatic heterocycles. The molecule has 2 amide bonds. The van der Waals surface area contributed by atoms with Gasteiger partial charge in [-0.25, -0.2) is 4.79 Å². The van der Waals surface area contributed by atoms with Crippen molar-refractivity contribution in [3.8, 4) is 5.75 Å². The maximum absolute atomic E-state index is 13.4. The van der Waals surface area contributed by atoms with Crippen LogP contribution in [0.25, 0.3) is 0 Å². The lowest BCUT2D eigenvalue weighted by Crippen LogP contribution is -2.47. The third-order valence-corrected chi connectivity index (χ3v) is 10.2. The Morgan fingerprint density at radius 2 is 1.57 bits per heavy atom. The van der Waals surface area contributed by atoms with Crippen LogP contribution in [0.4, 0.5) is 27.5 Å². The van der Waals surface area contributed by atoms with Crippen LogP contribution in [0.1, 0.15) is 84.4 Å². The van der Waals surface area contributed by atoms with E-state index in [1.165, 1.54) is 12.0 Å². The molecule has 2 fully saturated rings. The average molecular weight is 658 g/mol. The summed E-state index contributed by atoms with van der Waals surface area (Å²) in [6, 6.07) is 19.7. The second-order valence-electron chi connectivity index (χ2n) is 16.4. The number of aromatic hydroxyl groups is 1. The summed E-state index contributed by atoms with van der Waals surface area (Å²) in [6.07, 6.45) is 4.29. The van der Waals surface area contributed by atoms with Crippen molar-refractivity contribution < 1.29 is 9.90 Å². The Balaban J connectivity index is 1.19. The summed E-state index contributed by atoms with van der Waals surface area (Å²) in [7, 11) is 0. The number of amides is 2. The van der Waals surface area contributed by atoms with Crippen molar-refractivity contribution in [2.75, 3.05) is 54.8 Å². The van der Waals surface area contributed by atoms with Crippen molar-refractivity contribution in [3.05, 3.63) is 76.8 Å². The fraction of sp³-hybridized carbons (Fsp3) is 0.513. The van der Waals surface area contributed by atoms with Gasteiger partial charge in [0.2, 0.25) is 0 Å². The monoisotopic (exact) mass is 657 g/mol. The smallest absolute Gasteiger partial charge is 0.323 e. The Bertz CT molecular complexity index is 1580. The van der Waals surface area contributed by atoms with E-state index in [9.17, 15) is 9.90 Å². The number of fused-ring (bicyclic) bond motifs is 2. The Hall–Kier alpha value is -3.26. The molecule has 3 aromatic rings. The predicted octanol–water partition coefficient (Wildman–Crippen LogP) is 9.40. The van der Waals surface area contributed by atoms with Gasteiger partial charge in [0.25, 0.3) is 0 Å². The maximum Gasteiger partial charge on any atom is 0.323 e. The van der Waals surface area contributed by atoms with Crippen LogP contribution in [0.3, 0.4) is 0 Å². The zero-order valence-electron chi connectivity index (χ0n) is 29.0. The van der Waals surface area contributed by atoms with E-state index in [1.807, 2.05) is 42.5 Å². The summed E-state index contributed by atoms with van der Waals surface area (Å²) in [5.41, 5.74) is 5.65. The number of halogens is 1. The number of anilines is 4. The summed E-state index contributed by atoms with van der Waals surface area (Å²) in [5.74, 6) is 0.209. The lowest BCUT2D eigenvalue weighted by atomic mass is 9.74. The van der Waals surface area contributed by atoms with Crippen LogP contribution in [0.2, 0.25) is 5.02 Å². The molecule has 8 heteroatoms. The fourth-order valence-electron chi connectivity index (χ4n) is 8.11. The Kier molecular flexibility index (Phi) is 9.29. The first-order chi connectivity index (χ1) is 22.2. The van der Waals surface area contributed by atoms with Crippen LogP contribution in [0, 0.1) is 10.8 Å². The zero-order chi connectivity index (χ0) is 33.6. The van der Waals surface area contributed by atoms with Gasteiger partial charge in [0.1, 0.15) is 5.75 Å². The summed E-state index contributed by atoms with van der Waals surface area (Å²) in [6.45, 7) is 19.6. The first-order valence-electron chi connectivity index (χ1n) is 17.2. The third kappa shape index (κ3) is 7.43. The molecule has 0 radical (unpaired) electrons. The van der Waals surface area contributed by atoms with Crippen LogP contribution in [-0.4, -0.2) is 60.2 Å². The Labute approximate surface area is 286 Å². The van der Waals surface area contributed by atoms with Gasteiger partial charge in [-0.3, -0.25) is 4.90 Å². The maximum atomic E-state index is 13.4. The number of nitrogens with zero attached hydrogens (tertiary/aromatic N) is 3. The highest BCUT2D eigenvalue weighted by atomic mass is 35.5. The van der Waals surface area contributed by atoms with E-state index in [1.54, 1.807) is 6.07 Å². The molecule has 3 aliphatic heterocycles. The van der Waals surface area contributed by atoms with Crippen LogP contribution < -0.4 is 15.5 Å². The third-order valence-electron chi connectivity index (χ3n) is 9.92. The minimum atomic E-state index is -0.305. The molecule has 0 aliphatic carbocycles. The highest BCUT2D eigenvalue weighted by molar-refractivity contribution is 6.32. The first kappa shape index (κ1) is 33.6. The van der Waals surface area contributed by atoms with Gasteiger partial charge in [-0.05, 0) is 98.1 Å². The second-order valence-corrected chi connectivity index (χ2v) is 16.8. The molecule has 7 nitrogen and oxygen atoms in total. The molecular formula is C39H52ClN5O2. The largest absolute Gasteiger partial charge is 0.506 e. The van der Waals surface area contributed by atoms with Gasteiger partial charge in [0, 0.05) is 47.4 Å². The van der Waals surface area contributed by atoms with Crippen LogP contribution in [0.15, 0.2) is 60.7 Å². The summed E-state index contributed by atoms with van der Waals surface area (Å²) < 4.78 is 0. The number of carbonyl (C=O) groups is 1. The van der Waals surface area contributed by atoms with E-state index < -0.39 is 0 Å². The molecule has 1 unspecified atom stereocenters. The molecule has 252 valence electrons. The van der Waals surface area contributed by atoms with Crippen molar-refractivity contribution in [1.29, 1.82) is 0 Å². The summed E-state index contributed by atoms with van der Waals surface area (Å²) in [4.78, 5) is 20.7. The number of hydrogen-bond acceptors (Lipinski definition) is 5. The van der Waals surface area contributed by atoms with Crippen LogP contribution >= 0.6 is 11.6 Å². The van der Waals surface area contributed by atoms with E-state index >= 15 is 0 Å². The quantitative estimate of drug-likeness (QED) is 0.246. The van der Waals surface area contributed by atoms with E-state index in [0.717, 1.165) is 74.6 Å². The number of carbonyl (C=O) groups excluding carboxylic acids is 1. The predicted molar refractivity (Wildman–Crippen MR) is 195 cm³/mol. The number of phenols is 1. The summed E-state index contributed by atoms with van der Waals surface area (Å²) in [5, 5.41) is 18.1. The van der Waals surface area contributed by atoms with Gasteiger partial charge in [-0.1, -0.05) is 77.4 Å². The highest BCUT2D eigenvalue weighted by Crippen LogP contribution is 2.56. The minimum Gasteiger partial charge on any atom is -0.506 e. The molecule has 47 heavy (non-hydrogen) atoms.